The minimum atomic E-state index is -1.35. The Hall–Kier alpha value is -1.82. The molecular weight excluding hydrogens is 227 g/mol. The second-order valence-electron chi connectivity index (χ2n) is 3.83. The maximum absolute atomic E-state index is 13.3. The predicted octanol–water partition coefficient (Wildman–Crippen LogP) is 1.05. The lowest BCUT2D eigenvalue weighted by Gasteiger charge is -2.13. The van der Waals surface area contributed by atoms with E-state index in [0.29, 0.717) is 13.2 Å². The second kappa shape index (κ2) is 5.49. The van der Waals surface area contributed by atoms with Crippen molar-refractivity contribution in [2.75, 3.05) is 33.0 Å². The van der Waals surface area contributed by atoms with Crippen molar-refractivity contribution in [3.63, 3.8) is 0 Å². The first kappa shape index (κ1) is 13.2. The number of hydrogen-bond donors (Lipinski definition) is 2. The van der Waals surface area contributed by atoms with Gasteiger partial charge in [0.05, 0.1) is 11.3 Å². The Kier molecular flexibility index (Phi) is 4.28. The fraction of sp³-hybridized carbons (Fsp3) is 0.364. The van der Waals surface area contributed by atoms with Crippen molar-refractivity contribution in [3.8, 4) is 5.75 Å². The summed E-state index contributed by atoms with van der Waals surface area (Å²) in [5.41, 5.74) is 5.23. The fourth-order valence-corrected chi connectivity index (χ4v) is 1.20. The Morgan fingerprint density at radius 1 is 1.53 bits per heavy atom. The molecule has 5 nitrogen and oxygen atoms in total. The first-order chi connectivity index (χ1) is 7.91. The van der Waals surface area contributed by atoms with Gasteiger partial charge < -0.3 is 20.5 Å². The molecule has 0 fully saturated rings. The Labute approximate surface area is 98.6 Å². The van der Waals surface area contributed by atoms with Gasteiger partial charge >= 0.3 is 5.97 Å². The van der Waals surface area contributed by atoms with Crippen LogP contribution < -0.4 is 10.5 Å². The summed E-state index contributed by atoms with van der Waals surface area (Å²) < 4.78 is 18.6. The summed E-state index contributed by atoms with van der Waals surface area (Å²) in [6, 6.07) is 2.05. The van der Waals surface area contributed by atoms with Crippen LogP contribution in [0.1, 0.15) is 10.4 Å². The summed E-state index contributed by atoms with van der Waals surface area (Å²) in [6.45, 7) is 1.00. The molecular formula is C11H15FN2O3. The van der Waals surface area contributed by atoms with Crippen LogP contribution in [-0.4, -0.2) is 43.2 Å². The number of carbonyl (C=O) groups is 1. The Bertz CT molecular complexity index is 421. The van der Waals surface area contributed by atoms with Crippen molar-refractivity contribution in [3.05, 3.63) is 23.5 Å². The van der Waals surface area contributed by atoms with E-state index in [1.165, 1.54) is 0 Å². The largest absolute Gasteiger partial charge is 0.490 e. The number of likely N-dealkylation sites (N-methyl/N-ethyl adjacent to an activating group) is 1. The fourth-order valence-electron chi connectivity index (χ4n) is 1.20. The number of carboxylic acids is 1. The molecule has 0 heterocycles. The van der Waals surface area contributed by atoms with E-state index in [4.69, 9.17) is 15.6 Å². The van der Waals surface area contributed by atoms with Crippen molar-refractivity contribution in [1.29, 1.82) is 0 Å². The number of hydrogen-bond acceptors (Lipinski definition) is 4. The Morgan fingerprint density at radius 3 is 2.71 bits per heavy atom. The molecule has 0 saturated heterocycles. The van der Waals surface area contributed by atoms with Crippen molar-refractivity contribution >= 4 is 11.7 Å². The molecule has 1 rings (SSSR count). The van der Waals surface area contributed by atoms with E-state index >= 15 is 0 Å². The van der Waals surface area contributed by atoms with Gasteiger partial charge in [-0.2, -0.15) is 0 Å². The van der Waals surface area contributed by atoms with Gasteiger partial charge in [0.2, 0.25) is 0 Å². The van der Waals surface area contributed by atoms with Crippen LogP contribution in [0.15, 0.2) is 12.1 Å². The maximum atomic E-state index is 13.3. The average molecular weight is 242 g/mol. The molecule has 6 heteroatoms. The third-order valence-corrected chi connectivity index (χ3v) is 2.13. The maximum Gasteiger partial charge on any atom is 0.338 e. The lowest BCUT2D eigenvalue weighted by molar-refractivity contribution is 0.0692. The van der Waals surface area contributed by atoms with Crippen LogP contribution in [0, 0.1) is 5.82 Å². The molecule has 0 atom stereocenters. The molecule has 0 saturated carbocycles. The number of rotatable bonds is 5. The van der Waals surface area contributed by atoms with E-state index < -0.39 is 17.3 Å². The molecule has 0 aliphatic carbocycles. The topological polar surface area (TPSA) is 75.8 Å². The molecule has 0 bridgehead atoms. The van der Waals surface area contributed by atoms with E-state index in [2.05, 4.69) is 0 Å². The normalized spacial score (nSPS) is 10.6. The van der Waals surface area contributed by atoms with Crippen LogP contribution in [0.4, 0.5) is 10.1 Å². The Morgan fingerprint density at radius 2 is 2.18 bits per heavy atom. The molecule has 0 spiro atoms. The average Bonchev–Trinajstić information content (AvgIpc) is 2.21. The molecule has 1 aromatic rings. The molecule has 0 unspecified atom stereocenters. The zero-order valence-electron chi connectivity index (χ0n) is 9.74. The standard InChI is InChI=1S/C11H15FN2O3/c1-14(2)3-4-17-10-6-8(12)7(11(15)16)5-9(10)13/h5-6H,3-4,13H2,1-2H3,(H,15,16). The number of ether oxygens (including phenoxy) is 1. The molecule has 0 aliphatic heterocycles. The second-order valence-corrected chi connectivity index (χ2v) is 3.83. The minimum absolute atomic E-state index is 0.113. The number of halogens is 1. The van der Waals surface area contributed by atoms with Gasteiger partial charge in [-0.3, -0.25) is 0 Å². The van der Waals surface area contributed by atoms with Crippen molar-refractivity contribution in [2.45, 2.75) is 0 Å². The number of anilines is 1. The smallest absolute Gasteiger partial charge is 0.338 e. The van der Waals surface area contributed by atoms with Gasteiger partial charge in [0, 0.05) is 12.6 Å². The highest BCUT2D eigenvalue weighted by atomic mass is 19.1. The predicted molar refractivity (Wildman–Crippen MR) is 61.8 cm³/mol. The van der Waals surface area contributed by atoms with Crippen molar-refractivity contribution < 1.29 is 19.0 Å². The number of nitrogens with two attached hydrogens (primary N) is 1. The first-order valence-electron chi connectivity index (χ1n) is 5.01. The van der Waals surface area contributed by atoms with Gasteiger partial charge in [0.1, 0.15) is 18.2 Å². The van der Waals surface area contributed by atoms with Crippen molar-refractivity contribution in [2.24, 2.45) is 0 Å². The minimum Gasteiger partial charge on any atom is -0.490 e. The highest BCUT2D eigenvalue weighted by Crippen LogP contribution is 2.25. The molecule has 17 heavy (non-hydrogen) atoms. The van der Waals surface area contributed by atoms with Gasteiger partial charge in [-0.25, -0.2) is 9.18 Å². The van der Waals surface area contributed by atoms with Crippen LogP contribution in [-0.2, 0) is 0 Å². The van der Waals surface area contributed by atoms with Crippen LogP contribution in [0.3, 0.4) is 0 Å². The van der Waals surface area contributed by atoms with Gasteiger partial charge in [-0.1, -0.05) is 0 Å². The summed E-state index contributed by atoms with van der Waals surface area (Å²) >= 11 is 0. The molecule has 0 radical (unpaired) electrons. The number of benzene rings is 1. The van der Waals surface area contributed by atoms with E-state index in [9.17, 15) is 9.18 Å². The monoisotopic (exact) mass is 242 g/mol. The Balaban J connectivity index is 2.81. The lowest BCUT2D eigenvalue weighted by Crippen LogP contribution is -2.19. The first-order valence-corrected chi connectivity index (χ1v) is 5.01. The molecule has 0 aromatic heterocycles. The summed E-state index contributed by atoms with van der Waals surface area (Å²) in [7, 11) is 3.75. The number of carboxylic acid groups (broad SMARTS) is 1. The van der Waals surface area contributed by atoms with E-state index in [0.717, 1.165) is 12.1 Å². The highest BCUT2D eigenvalue weighted by molar-refractivity contribution is 5.89. The summed E-state index contributed by atoms with van der Waals surface area (Å²) in [5, 5.41) is 8.69. The van der Waals surface area contributed by atoms with E-state index in [1.54, 1.807) is 0 Å². The zero-order chi connectivity index (χ0) is 13.0. The highest BCUT2D eigenvalue weighted by Gasteiger charge is 2.14. The molecule has 0 amide bonds. The van der Waals surface area contributed by atoms with Crippen LogP contribution in [0.5, 0.6) is 5.75 Å². The summed E-state index contributed by atoms with van der Waals surface area (Å²) in [5.74, 6) is -2.05. The number of nitrogens with zero attached hydrogens (tertiary/aromatic N) is 1. The molecule has 1 aromatic carbocycles. The van der Waals surface area contributed by atoms with E-state index in [-0.39, 0.29) is 11.4 Å². The van der Waals surface area contributed by atoms with Crippen molar-refractivity contribution in [1.82, 2.24) is 4.90 Å². The number of aromatic carboxylic acids is 1. The zero-order valence-corrected chi connectivity index (χ0v) is 9.74. The van der Waals surface area contributed by atoms with Crippen LogP contribution >= 0.6 is 0 Å². The number of nitrogen functional groups attached to an aromatic ring is 1. The lowest BCUT2D eigenvalue weighted by atomic mass is 10.2. The van der Waals surface area contributed by atoms with Crippen LogP contribution in [0.25, 0.3) is 0 Å². The quantitative estimate of drug-likeness (QED) is 0.755. The SMILES string of the molecule is CN(C)CCOc1cc(F)c(C(=O)O)cc1N. The van der Waals surface area contributed by atoms with Gasteiger partial charge in [-0.05, 0) is 20.2 Å². The molecule has 94 valence electrons. The summed E-state index contributed by atoms with van der Waals surface area (Å²) in [6.07, 6.45) is 0. The van der Waals surface area contributed by atoms with E-state index in [1.807, 2.05) is 19.0 Å². The van der Waals surface area contributed by atoms with Gasteiger partial charge in [-0.15, -0.1) is 0 Å². The summed E-state index contributed by atoms with van der Waals surface area (Å²) in [4.78, 5) is 12.5. The third kappa shape index (κ3) is 3.60. The molecule has 3 N–H and O–H groups in total. The molecule has 0 aliphatic rings. The third-order valence-electron chi connectivity index (χ3n) is 2.13. The van der Waals surface area contributed by atoms with Gasteiger partial charge in [0.25, 0.3) is 0 Å². The van der Waals surface area contributed by atoms with Crippen LogP contribution in [0.2, 0.25) is 0 Å². The van der Waals surface area contributed by atoms with Gasteiger partial charge in [0.15, 0.2) is 0 Å².